The van der Waals surface area contributed by atoms with Crippen LogP contribution in [0.3, 0.4) is 0 Å². The van der Waals surface area contributed by atoms with Gasteiger partial charge in [-0.05, 0) is 41.0 Å². The van der Waals surface area contributed by atoms with Crippen molar-refractivity contribution < 1.29 is 34.0 Å². The summed E-state index contributed by atoms with van der Waals surface area (Å²) < 4.78 is 22.5. The van der Waals surface area contributed by atoms with E-state index < -0.39 is 36.3 Å². The van der Waals surface area contributed by atoms with E-state index in [9.17, 15) is 15.0 Å². The SMILES string of the molecule is CC1(C)O[C@H]2O[C@H]([C@H](O)CO)[C@@H](CCOC(=O)C(C)(C)C)[C@H]2O1. The molecule has 0 saturated carbocycles. The highest BCUT2D eigenvalue weighted by atomic mass is 16.8. The molecule has 0 aromatic rings. The molecule has 5 atom stereocenters. The van der Waals surface area contributed by atoms with Crippen LogP contribution in [-0.2, 0) is 23.7 Å². The predicted octanol–water partition coefficient (Wildman–Crippen LogP) is 0.812. The fraction of sp³-hybridized carbons (Fsp3) is 0.938. The number of rotatable bonds is 5. The summed E-state index contributed by atoms with van der Waals surface area (Å²) in [6.07, 6.45) is -2.12. The van der Waals surface area contributed by atoms with Crippen LogP contribution in [0, 0.1) is 11.3 Å². The van der Waals surface area contributed by atoms with Crippen LogP contribution < -0.4 is 0 Å². The molecule has 2 fully saturated rings. The van der Waals surface area contributed by atoms with Crippen LogP contribution >= 0.6 is 0 Å². The van der Waals surface area contributed by atoms with E-state index in [4.69, 9.17) is 18.9 Å². The standard InChI is InChI=1S/C16H28O7/c1-15(2,3)14(19)20-7-6-9-11(10(18)8-17)21-13-12(9)22-16(4,5)23-13/h9-13,17-18H,6-8H2,1-5H3/t9-,10-,11+,12-,13-/m1/s1. The van der Waals surface area contributed by atoms with Crippen molar-refractivity contribution in [2.45, 2.75) is 71.4 Å². The number of carbonyl (C=O) groups excluding carboxylic acids is 1. The highest BCUT2D eigenvalue weighted by molar-refractivity contribution is 5.75. The Bertz CT molecular complexity index is 429. The van der Waals surface area contributed by atoms with Crippen LogP contribution in [0.4, 0.5) is 0 Å². The van der Waals surface area contributed by atoms with Crippen molar-refractivity contribution in [3.63, 3.8) is 0 Å². The Labute approximate surface area is 136 Å². The van der Waals surface area contributed by atoms with E-state index >= 15 is 0 Å². The minimum atomic E-state index is -1.03. The highest BCUT2D eigenvalue weighted by Gasteiger charge is 2.55. The molecule has 2 heterocycles. The smallest absolute Gasteiger partial charge is 0.311 e. The highest BCUT2D eigenvalue weighted by Crippen LogP contribution is 2.43. The molecule has 0 unspecified atom stereocenters. The average Bonchev–Trinajstić information content (AvgIpc) is 2.89. The number of carbonyl (C=O) groups is 1. The van der Waals surface area contributed by atoms with Crippen molar-refractivity contribution in [1.29, 1.82) is 0 Å². The molecule has 2 rings (SSSR count). The largest absolute Gasteiger partial charge is 0.465 e. The molecule has 0 bridgehead atoms. The van der Waals surface area contributed by atoms with E-state index in [1.54, 1.807) is 34.6 Å². The molecule has 0 aromatic heterocycles. The molecule has 2 aliphatic heterocycles. The summed E-state index contributed by atoms with van der Waals surface area (Å²) in [5, 5.41) is 19.2. The molecule has 0 aliphatic carbocycles. The molecule has 7 nitrogen and oxygen atoms in total. The van der Waals surface area contributed by atoms with E-state index in [2.05, 4.69) is 0 Å². The summed E-state index contributed by atoms with van der Waals surface area (Å²) in [4.78, 5) is 11.8. The van der Waals surface area contributed by atoms with Crippen molar-refractivity contribution in [1.82, 2.24) is 0 Å². The van der Waals surface area contributed by atoms with Crippen molar-refractivity contribution in [2.24, 2.45) is 11.3 Å². The third-order valence-corrected chi connectivity index (χ3v) is 4.09. The quantitative estimate of drug-likeness (QED) is 0.720. The van der Waals surface area contributed by atoms with Gasteiger partial charge in [-0.15, -0.1) is 0 Å². The van der Waals surface area contributed by atoms with Gasteiger partial charge in [0.05, 0.1) is 24.7 Å². The Morgan fingerprint density at radius 1 is 1.30 bits per heavy atom. The first-order valence-electron chi connectivity index (χ1n) is 8.02. The van der Waals surface area contributed by atoms with Gasteiger partial charge in [-0.1, -0.05) is 0 Å². The van der Waals surface area contributed by atoms with E-state index in [-0.39, 0.29) is 24.6 Å². The maximum Gasteiger partial charge on any atom is 0.311 e. The van der Waals surface area contributed by atoms with Crippen LogP contribution in [0.5, 0.6) is 0 Å². The Kier molecular flexibility index (Phi) is 5.37. The normalized spacial score (nSPS) is 34.2. The zero-order valence-electron chi connectivity index (χ0n) is 14.4. The van der Waals surface area contributed by atoms with Gasteiger partial charge >= 0.3 is 5.97 Å². The number of esters is 1. The fourth-order valence-corrected chi connectivity index (χ4v) is 2.91. The molecule has 0 amide bonds. The molecule has 0 radical (unpaired) electrons. The molecule has 2 aliphatic rings. The van der Waals surface area contributed by atoms with Gasteiger partial charge in [-0.2, -0.15) is 0 Å². The third-order valence-electron chi connectivity index (χ3n) is 4.09. The van der Waals surface area contributed by atoms with Gasteiger partial charge in [-0.3, -0.25) is 4.79 Å². The van der Waals surface area contributed by atoms with Gasteiger partial charge < -0.3 is 29.2 Å². The first-order valence-corrected chi connectivity index (χ1v) is 8.02. The summed E-state index contributed by atoms with van der Waals surface area (Å²) in [7, 11) is 0. The van der Waals surface area contributed by atoms with E-state index in [0.717, 1.165) is 0 Å². The molecule has 2 saturated heterocycles. The minimum absolute atomic E-state index is 0.200. The van der Waals surface area contributed by atoms with E-state index in [1.165, 1.54) is 0 Å². The third kappa shape index (κ3) is 4.22. The number of aliphatic hydroxyl groups excluding tert-OH is 2. The number of fused-ring (bicyclic) bond motifs is 1. The molecule has 2 N–H and O–H groups in total. The van der Waals surface area contributed by atoms with Gasteiger partial charge in [0.15, 0.2) is 12.1 Å². The molecular weight excluding hydrogens is 304 g/mol. The maximum absolute atomic E-state index is 11.8. The molecule has 0 aromatic carbocycles. The Balaban J connectivity index is 1.98. The summed E-state index contributed by atoms with van der Waals surface area (Å²) in [6.45, 7) is 8.75. The molecule has 7 heteroatoms. The first kappa shape index (κ1) is 18.6. The summed E-state index contributed by atoms with van der Waals surface area (Å²) >= 11 is 0. The maximum atomic E-state index is 11.8. The van der Waals surface area contributed by atoms with E-state index in [1.807, 2.05) is 0 Å². The van der Waals surface area contributed by atoms with Gasteiger partial charge in [0.1, 0.15) is 12.2 Å². The topological polar surface area (TPSA) is 94.5 Å². The molecule has 134 valence electrons. The van der Waals surface area contributed by atoms with Crippen LogP contribution in [0.25, 0.3) is 0 Å². The van der Waals surface area contributed by atoms with Crippen molar-refractivity contribution in [3.05, 3.63) is 0 Å². The zero-order chi connectivity index (χ0) is 17.4. The van der Waals surface area contributed by atoms with Gasteiger partial charge in [0, 0.05) is 5.92 Å². The van der Waals surface area contributed by atoms with Gasteiger partial charge in [0.25, 0.3) is 0 Å². The second kappa shape index (κ2) is 6.64. The molecule has 0 spiro atoms. The summed E-state index contributed by atoms with van der Waals surface area (Å²) in [6, 6.07) is 0. The monoisotopic (exact) mass is 332 g/mol. The van der Waals surface area contributed by atoms with Crippen LogP contribution in [0.2, 0.25) is 0 Å². The van der Waals surface area contributed by atoms with E-state index in [0.29, 0.717) is 6.42 Å². The Morgan fingerprint density at radius 2 is 1.96 bits per heavy atom. The molecule has 23 heavy (non-hydrogen) atoms. The lowest BCUT2D eigenvalue weighted by Crippen LogP contribution is -2.39. The molecular formula is C16H28O7. The van der Waals surface area contributed by atoms with Gasteiger partial charge in [0.2, 0.25) is 0 Å². The first-order chi connectivity index (χ1) is 10.5. The lowest BCUT2D eigenvalue weighted by molar-refractivity contribution is -0.222. The second-order valence-electron chi connectivity index (χ2n) is 7.66. The fourth-order valence-electron chi connectivity index (χ4n) is 2.91. The summed E-state index contributed by atoms with van der Waals surface area (Å²) in [5.74, 6) is -1.27. The second-order valence-corrected chi connectivity index (χ2v) is 7.66. The number of aliphatic hydroxyl groups is 2. The Hall–Kier alpha value is -0.730. The minimum Gasteiger partial charge on any atom is -0.465 e. The van der Waals surface area contributed by atoms with Crippen molar-refractivity contribution in [2.75, 3.05) is 13.2 Å². The predicted molar refractivity (Wildman–Crippen MR) is 80.3 cm³/mol. The number of hydrogen-bond acceptors (Lipinski definition) is 7. The number of hydrogen-bond donors (Lipinski definition) is 2. The lowest BCUT2D eigenvalue weighted by Gasteiger charge is -2.28. The van der Waals surface area contributed by atoms with Crippen LogP contribution in [0.15, 0.2) is 0 Å². The zero-order valence-corrected chi connectivity index (χ0v) is 14.4. The van der Waals surface area contributed by atoms with Crippen LogP contribution in [-0.4, -0.2) is 59.8 Å². The van der Waals surface area contributed by atoms with Crippen molar-refractivity contribution in [3.8, 4) is 0 Å². The number of ether oxygens (including phenoxy) is 4. The van der Waals surface area contributed by atoms with Crippen molar-refractivity contribution >= 4 is 5.97 Å². The van der Waals surface area contributed by atoms with Crippen LogP contribution in [0.1, 0.15) is 41.0 Å². The van der Waals surface area contributed by atoms with Gasteiger partial charge in [-0.25, -0.2) is 0 Å². The Morgan fingerprint density at radius 3 is 2.52 bits per heavy atom. The summed E-state index contributed by atoms with van der Waals surface area (Å²) in [5.41, 5.74) is -0.562. The average molecular weight is 332 g/mol. The lowest BCUT2D eigenvalue weighted by atomic mass is 9.91.